The standard InChI is InChI=1S/C20H30N2O4/c1-14-6-7-17(15(2)12-14)25-13-18(23)21-16-8-10-22(11-9-16)19(24)26-20(3,4)5/h6-7,12,16H,8-11,13H2,1-5H3,(H,21,23). The quantitative estimate of drug-likeness (QED) is 0.893. The molecule has 1 heterocycles. The molecule has 1 fully saturated rings. The highest BCUT2D eigenvalue weighted by atomic mass is 16.6. The normalized spacial score (nSPS) is 15.5. The highest BCUT2D eigenvalue weighted by molar-refractivity contribution is 5.78. The van der Waals surface area contributed by atoms with E-state index in [4.69, 9.17) is 9.47 Å². The lowest BCUT2D eigenvalue weighted by Crippen LogP contribution is -2.48. The summed E-state index contributed by atoms with van der Waals surface area (Å²) in [5.41, 5.74) is 1.69. The van der Waals surface area contributed by atoms with Crippen molar-refractivity contribution in [2.75, 3.05) is 19.7 Å². The van der Waals surface area contributed by atoms with Gasteiger partial charge in [-0.1, -0.05) is 17.7 Å². The molecule has 0 spiro atoms. The lowest BCUT2D eigenvalue weighted by atomic mass is 10.1. The molecule has 1 saturated heterocycles. The van der Waals surface area contributed by atoms with E-state index < -0.39 is 5.60 Å². The number of amides is 2. The van der Waals surface area contributed by atoms with Gasteiger partial charge >= 0.3 is 6.09 Å². The Hall–Kier alpha value is -2.24. The van der Waals surface area contributed by atoms with E-state index in [-0.39, 0.29) is 24.6 Å². The number of ether oxygens (including phenoxy) is 2. The molecule has 0 bridgehead atoms. The summed E-state index contributed by atoms with van der Waals surface area (Å²) in [7, 11) is 0. The molecule has 1 N–H and O–H groups in total. The Labute approximate surface area is 155 Å². The maximum Gasteiger partial charge on any atom is 0.410 e. The van der Waals surface area contributed by atoms with Gasteiger partial charge in [0.2, 0.25) is 0 Å². The maximum atomic E-state index is 12.1. The second-order valence-corrected chi connectivity index (χ2v) is 7.87. The van der Waals surface area contributed by atoms with E-state index in [1.54, 1.807) is 4.90 Å². The van der Waals surface area contributed by atoms with Crippen LogP contribution < -0.4 is 10.1 Å². The maximum absolute atomic E-state index is 12.1. The number of aryl methyl sites for hydroxylation is 2. The summed E-state index contributed by atoms with van der Waals surface area (Å²) in [5.74, 6) is 0.589. The highest BCUT2D eigenvalue weighted by Gasteiger charge is 2.27. The number of nitrogens with zero attached hydrogens (tertiary/aromatic N) is 1. The predicted octanol–water partition coefficient (Wildman–Crippen LogP) is 3.20. The molecule has 26 heavy (non-hydrogen) atoms. The van der Waals surface area contributed by atoms with Crippen molar-refractivity contribution in [1.82, 2.24) is 10.2 Å². The molecule has 0 unspecified atom stereocenters. The van der Waals surface area contributed by atoms with Crippen LogP contribution in [-0.2, 0) is 9.53 Å². The van der Waals surface area contributed by atoms with Crippen molar-refractivity contribution >= 4 is 12.0 Å². The van der Waals surface area contributed by atoms with Crippen molar-refractivity contribution in [3.8, 4) is 5.75 Å². The largest absolute Gasteiger partial charge is 0.484 e. The van der Waals surface area contributed by atoms with Crippen molar-refractivity contribution in [3.63, 3.8) is 0 Å². The fourth-order valence-electron chi connectivity index (χ4n) is 2.91. The third-order valence-electron chi connectivity index (χ3n) is 4.20. The monoisotopic (exact) mass is 362 g/mol. The Morgan fingerprint density at radius 2 is 1.85 bits per heavy atom. The van der Waals surface area contributed by atoms with Crippen LogP contribution in [0, 0.1) is 13.8 Å². The Balaban J connectivity index is 1.73. The first kappa shape index (κ1) is 20.1. The van der Waals surface area contributed by atoms with Gasteiger partial charge in [0.05, 0.1) is 0 Å². The minimum absolute atomic E-state index is 0.00379. The summed E-state index contributed by atoms with van der Waals surface area (Å²) in [4.78, 5) is 25.9. The van der Waals surface area contributed by atoms with Crippen molar-refractivity contribution < 1.29 is 19.1 Å². The van der Waals surface area contributed by atoms with Gasteiger partial charge in [-0.3, -0.25) is 4.79 Å². The average Bonchev–Trinajstić information content (AvgIpc) is 2.53. The first-order valence-corrected chi connectivity index (χ1v) is 9.11. The summed E-state index contributed by atoms with van der Waals surface area (Å²) in [5, 5.41) is 2.98. The Bertz CT molecular complexity index is 644. The second kappa shape index (κ2) is 8.43. The molecule has 6 nitrogen and oxygen atoms in total. The van der Waals surface area contributed by atoms with Gasteiger partial charge in [-0.15, -0.1) is 0 Å². The first-order chi connectivity index (χ1) is 12.1. The van der Waals surface area contributed by atoms with Crippen molar-refractivity contribution in [1.29, 1.82) is 0 Å². The van der Waals surface area contributed by atoms with Crippen LogP contribution in [0.1, 0.15) is 44.7 Å². The zero-order chi connectivity index (χ0) is 19.3. The van der Waals surface area contributed by atoms with Gasteiger partial charge in [-0.05, 0) is 59.1 Å². The molecule has 1 aromatic rings. The molecule has 0 atom stereocenters. The van der Waals surface area contributed by atoms with E-state index in [1.807, 2.05) is 52.8 Å². The third kappa shape index (κ3) is 6.24. The van der Waals surface area contributed by atoms with Gasteiger partial charge in [0.25, 0.3) is 5.91 Å². The molecule has 1 aliphatic heterocycles. The number of benzene rings is 1. The molecule has 0 aliphatic carbocycles. The Morgan fingerprint density at radius 1 is 1.19 bits per heavy atom. The number of likely N-dealkylation sites (tertiary alicyclic amines) is 1. The van der Waals surface area contributed by atoms with Crippen LogP contribution in [0.2, 0.25) is 0 Å². The smallest absolute Gasteiger partial charge is 0.410 e. The number of carbonyl (C=O) groups excluding carboxylic acids is 2. The van der Waals surface area contributed by atoms with Crippen LogP contribution in [0.15, 0.2) is 18.2 Å². The van der Waals surface area contributed by atoms with E-state index in [2.05, 4.69) is 5.32 Å². The minimum atomic E-state index is -0.492. The fourth-order valence-corrected chi connectivity index (χ4v) is 2.91. The SMILES string of the molecule is Cc1ccc(OCC(=O)NC2CCN(C(=O)OC(C)(C)C)CC2)c(C)c1. The summed E-state index contributed by atoms with van der Waals surface area (Å²) in [6.07, 6.45) is 1.14. The van der Waals surface area contributed by atoms with Gasteiger partial charge in [-0.25, -0.2) is 4.79 Å². The van der Waals surface area contributed by atoms with Gasteiger partial charge in [0.1, 0.15) is 11.4 Å². The zero-order valence-electron chi connectivity index (χ0n) is 16.4. The van der Waals surface area contributed by atoms with E-state index in [1.165, 1.54) is 0 Å². The van der Waals surface area contributed by atoms with Crippen molar-refractivity contribution in [3.05, 3.63) is 29.3 Å². The number of rotatable bonds is 4. The van der Waals surface area contributed by atoms with Gasteiger partial charge in [0, 0.05) is 19.1 Å². The molecule has 1 aromatic carbocycles. The molecule has 1 aliphatic rings. The zero-order valence-corrected chi connectivity index (χ0v) is 16.4. The minimum Gasteiger partial charge on any atom is -0.484 e. The first-order valence-electron chi connectivity index (χ1n) is 9.11. The third-order valence-corrected chi connectivity index (χ3v) is 4.20. The molecule has 0 radical (unpaired) electrons. The van der Waals surface area contributed by atoms with E-state index in [0.29, 0.717) is 25.9 Å². The number of piperidine rings is 1. The molecule has 0 saturated carbocycles. The fraction of sp³-hybridized carbons (Fsp3) is 0.600. The van der Waals surface area contributed by atoms with Crippen LogP contribution in [0.5, 0.6) is 5.75 Å². The Morgan fingerprint density at radius 3 is 2.42 bits per heavy atom. The lowest BCUT2D eigenvalue weighted by Gasteiger charge is -2.33. The predicted molar refractivity (Wildman–Crippen MR) is 100 cm³/mol. The molecule has 144 valence electrons. The lowest BCUT2D eigenvalue weighted by molar-refractivity contribution is -0.124. The van der Waals surface area contributed by atoms with Gasteiger partial charge < -0.3 is 19.7 Å². The summed E-state index contributed by atoms with van der Waals surface area (Å²) in [6.45, 7) is 10.7. The average molecular weight is 362 g/mol. The topological polar surface area (TPSA) is 67.9 Å². The number of carbonyl (C=O) groups is 2. The van der Waals surface area contributed by atoms with Crippen molar-refractivity contribution in [2.45, 2.75) is 59.1 Å². The molecule has 6 heteroatoms. The van der Waals surface area contributed by atoms with E-state index in [0.717, 1.165) is 16.9 Å². The van der Waals surface area contributed by atoms with Crippen LogP contribution >= 0.6 is 0 Å². The molecule has 0 aromatic heterocycles. The van der Waals surface area contributed by atoms with Gasteiger partial charge in [-0.2, -0.15) is 0 Å². The molecule has 2 amide bonds. The summed E-state index contributed by atoms with van der Waals surface area (Å²) in [6, 6.07) is 5.94. The van der Waals surface area contributed by atoms with Crippen LogP contribution in [0.3, 0.4) is 0 Å². The van der Waals surface area contributed by atoms with Crippen molar-refractivity contribution in [2.24, 2.45) is 0 Å². The van der Waals surface area contributed by atoms with Gasteiger partial charge in [0.15, 0.2) is 6.61 Å². The molecular formula is C20H30N2O4. The van der Waals surface area contributed by atoms with Crippen LogP contribution in [0.4, 0.5) is 4.79 Å². The van der Waals surface area contributed by atoms with Crippen LogP contribution in [0.25, 0.3) is 0 Å². The number of hydrogen-bond donors (Lipinski definition) is 1. The molecular weight excluding hydrogens is 332 g/mol. The summed E-state index contributed by atoms with van der Waals surface area (Å²) >= 11 is 0. The molecule has 2 rings (SSSR count). The van der Waals surface area contributed by atoms with E-state index in [9.17, 15) is 9.59 Å². The Kier molecular flexibility index (Phi) is 6.51. The van der Waals surface area contributed by atoms with Crippen LogP contribution in [-0.4, -0.2) is 48.2 Å². The van der Waals surface area contributed by atoms with E-state index >= 15 is 0 Å². The summed E-state index contributed by atoms with van der Waals surface area (Å²) < 4.78 is 11.0. The number of nitrogens with one attached hydrogen (secondary N) is 1. The highest BCUT2D eigenvalue weighted by Crippen LogP contribution is 2.19. The second-order valence-electron chi connectivity index (χ2n) is 7.87. The number of hydrogen-bond acceptors (Lipinski definition) is 4.